The molecule has 1 amide bonds. The van der Waals surface area contributed by atoms with Gasteiger partial charge in [0.25, 0.3) is 5.91 Å². The molecular formula is C20H23BN4O. The van der Waals surface area contributed by atoms with Crippen molar-refractivity contribution in [2.75, 3.05) is 0 Å². The number of aromatic nitrogens is 3. The minimum absolute atomic E-state index is 0.0553. The highest BCUT2D eigenvalue weighted by Gasteiger charge is 2.31. The van der Waals surface area contributed by atoms with Crippen molar-refractivity contribution in [1.82, 2.24) is 19.7 Å². The molecule has 0 aliphatic carbocycles. The number of fused-ring (bicyclic) bond motifs is 2. The second kappa shape index (κ2) is 5.97. The quantitative estimate of drug-likeness (QED) is 0.684. The number of carbonyl (C=O) groups is 1. The van der Waals surface area contributed by atoms with Crippen molar-refractivity contribution < 1.29 is 4.79 Å². The van der Waals surface area contributed by atoms with E-state index in [4.69, 9.17) is 5.10 Å². The third-order valence-corrected chi connectivity index (χ3v) is 5.02. The predicted molar refractivity (Wildman–Crippen MR) is 105 cm³/mol. The van der Waals surface area contributed by atoms with E-state index in [1.807, 2.05) is 52.3 Å². The summed E-state index contributed by atoms with van der Waals surface area (Å²) in [6, 6.07) is 9.90. The molecule has 5 nitrogen and oxygen atoms in total. The zero-order valence-corrected chi connectivity index (χ0v) is 15.7. The average Bonchev–Trinajstić information content (AvgIpc) is 3.16. The molecule has 6 heteroatoms. The highest BCUT2D eigenvalue weighted by molar-refractivity contribution is 6.54. The second-order valence-electron chi connectivity index (χ2n) is 8.12. The van der Waals surface area contributed by atoms with E-state index in [1.54, 1.807) is 0 Å². The van der Waals surface area contributed by atoms with Gasteiger partial charge in [0.05, 0.1) is 11.1 Å². The topological polar surface area (TPSA) is 51.0 Å². The van der Waals surface area contributed by atoms with Crippen molar-refractivity contribution >= 4 is 29.7 Å². The molecule has 26 heavy (non-hydrogen) atoms. The first-order chi connectivity index (χ1) is 12.3. The van der Waals surface area contributed by atoms with Crippen molar-refractivity contribution in [2.24, 2.45) is 0 Å². The summed E-state index contributed by atoms with van der Waals surface area (Å²) in [5, 5.41) is 5.74. The average molecular weight is 346 g/mol. The minimum Gasteiger partial charge on any atom is -0.339 e. The van der Waals surface area contributed by atoms with Gasteiger partial charge in [0.1, 0.15) is 0 Å². The number of pyridine rings is 1. The summed E-state index contributed by atoms with van der Waals surface area (Å²) >= 11 is 0. The molecule has 1 atom stereocenters. The molecule has 1 aliphatic heterocycles. The number of hydrogen-bond donors (Lipinski definition) is 0. The molecule has 3 heterocycles. The largest absolute Gasteiger partial charge is 0.339 e. The molecule has 1 aromatic carbocycles. The third kappa shape index (κ3) is 2.89. The number of carbonyl (C=O) groups excluding carboxylic acids is 1. The van der Waals surface area contributed by atoms with Crippen LogP contribution in [0.1, 0.15) is 43.6 Å². The van der Waals surface area contributed by atoms with Crippen LogP contribution in [0.2, 0.25) is 0 Å². The number of amides is 1. The van der Waals surface area contributed by atoms with Gasteiger partial charge in [-0.05, 0) is 38.5 Å². The lowest BCUT2D eigenvalue weighted by Gasteiger charge is -2.23. The van der Waals surface area contributed by atoms with Crippen molar-refractivity contribution in [3.8, 4) is 0 Å². The van der Waals surface area contributed by atoms with Crippen LogP contribution >= 0.6 is 0 Å². The van der Waals surface area contributed by atoms with E-state index in [-0.39, 0.29) is 17.4 Å². The van der Waals surface area contributed by atoms with Crippen LogP contribution in [0.4, 0.5) is 0 Å². The summed E-state index contributed by atoms with van der Waals surface area (Å²) in [7, 11) is 0.720. The lowest BCUT2D eigenvalue weighted by atomic mass is 9.66. The summed E-state index contributed by atoms with van der Waals surface area (Å²) in [5.74, 6) is 0.204. The van der Waals surface area contributed by atoms with Crippen LogP contribution in [0, 0.1) is 0 Å². The molecular weight excluding hydrogens is 323 g/mol. The fourth-order valence-electron chi connectivity index (χ4n) is 3.46. The number of hydrogen-bond acceptors (Lipinski definition) is 3. The molecule has 0 bridgehead atoms. The first-order valence-corrected chi connectivity index (χ1v) is 9.06. The van der Waals surface area contributed by atoms with Gasteiger partial charge in [-0.1, -0.05) is 25.1 Å². The van der Waals surface area contributed by atoms with Gasteiger partial charge >= 0.3 is 0 Å². The maximum atomic E-state index is 12.6. The molecule has 1 aliphatic rings. The molecule has 3 aromatic rings. The Hall–Kier alpha value is -2.63. The van der Waals surface area contributed by atoms with Crippen molar-refractivity contribution in [3.05, 3.63) is 53.9 Å². The Morgan fingerprint density at radius 1 is 1.23 bits per heavy atom. The van der Waals surface area contributed by atoms with Gasteiger partial charge < -0.3 is 4.90 Å². The zero-order chi connectivity index (χ0) is 18.5. The third-order valence-electron chi connectivity index (χ3n) is 5.02. The van der Waals surface area contributed by atoms with Crippen LogP contribution in [0.3, 0.4) is 0 Å². The molecule has 0 radical (unpaired) electrons. The van der Waals surface area contributed by atoms with Crippen LogP contribution in [0.25, 0.3) is 10.9 Å². The molecule has 1 unspecified atom stereocenters. The summed E-state index contributed by atoms with van der Waals surface area (Å²) in [6.07, 6.45) is 3.92. The normalized spacial score (nSPS) is 15.4. The zero-order valence-electron chi connectivity index (χ0n) is 15.7. The van der Waals surface area contributed by atoms with Crippen LogP contribution in [0.5, 0.6) is 0 Å². The Balaban J connectivity index is 1.55. The molecule has 0 N–H and O–H groups in total. The van der Waals surface area contributed by atoms with E-state index in [9.17, 15) is 4.79 Å². The maximum Gasteiger partial charge on any atom is 0.254 e. The summed E-state index contributed by atoms with van der Waals surface area (Å²) in [4.78, 5) is 19.2. The van der Waals surface area contributed by atoms with E-state index >= 15 is 0 Å². The van der Waals surface area contributed by atoms with Gasteiger partial charge in [0, 0.05) is 41.4 Å². The van der Waals surface area contributed by atoms with E-state index in [2.05, 4.69) is 32.7 Å². The van der Waals surface area contributed by atoms with Gasteiger partial charge in [-0.2, -0.15) is 5.10 Å². The van der Waals surface area contributed by atoms with Crippen LogP contribution in [0.15, 0.2) is 42.7 Å². The van der Waals surface area contributed by atoms with Crippen LogP contribution < -0.4 is 5.59 Å². The standard InChI is InChI=1S/C20H23BN4O/c1-13(24-11-14-7-5-6-8-16(14)19(24)26)21-18-9-17-15(10-22-18)12-25(23-17)20(2,3)4/h5-10,12-13,21H,11H2,1-4H3. The van der Waals surface area contributed by atoms with Gasteiger partial charge in [-0.25, -0.2) is 0 Å². The highest BCUT2D eigenvalue weighted by atomic mass is 16.2. The van der Waals surface area contributed by atoms with Gasteiger partial charge in [0.15, 0.2) is 0 Å². The molecule has 0 spiro atoms. The molecule has 4 rings (SSSR count). The molecule has 0 fully saturated rings. The minimum atomic E-state index is -0.0553. The molecule has 0 saturated carbocycles. The summed E-state index contributed by atoms with van der Waals surface area (Å²) in [5.41, 5.74) is 3.80. The first kappa shape index (κ1) is 16.8. The summed E-state index contributed by atoms with van der Waals surface area (Å²) in [6.45, 7) is 9.16. The lowest BCUT2D eigenvalue weighted by Crippen LogP contribution is -2.42. The van der Waals surface area contributed by atoms with Crippen LogP contribution in [-0.4, -0.2) is 38.8 Å². The maximum absolute atomic E-state index is 12.6. The Morgan fingerprint density at radius 3 is 2.73 bits per heavy atom. The predicted octanol–water partition coefficient (Wildman–Crippen LogP) is 2.25. The molecule has 132 valence electrons. The lowest BCUT2D eigenvalue weighted by molar-refractivity contribution is 0.0765. The van der Waals surface area contributed by atoms with Gasteiger partial charge in [-0.15, -0.1) is 0 Å². The van der Waals surface area contributed by atoms with Crippen molar-refractivity contribution in [1.29, 1.82) is 0 Å². The Bertz CT molecular complexity index is 989. The first-order valence-electron chi connectivity index (χ1n) is 9.06. The number of nitrogens with zero attached hydrogens (tertiary/aromatic N) is 4. The SMILES string of the molecule is CC(Bc1cc2nn(C(C)(C)C)cc2cn1)N1Cc2ccccc2C1=O. The van der Waals surface area contributed by atoms with E-state index in [0.29, 0.717) is 6.54 Å². The van der Waals surface area contributed by atoms with E-state index in [0.717, 1.165) is 34.9 Å². The fourth-order valence-corrected chi connectivity index (χ4v) is 3.46. The Kier molecular flexibility index (Phi) is 3.86. The Morgan fingerprint density at radius 2 is 2.00 bits per heavy atom. The summed E-state index contributed by atoms with van der Waals surface area (Å²) < 4.78 is 1.98. The van der Waals surface area contributed by atoms with Gasteiger partial charge in [-0.3, -0.25) is 14.5 Å². The van der Waals surface area contributed by atoms with Gasteiger partial charge in [0.2, 0.25) is 7.28 Å². The Labute approximate surface area is 154 Å². The highest BCUT2D eigenvalue weighted by Crippen LogP contribution is 2.24. The number of rotatable bonds is 3. The monoisotopic (exact) mass is 346 g/mol. The molecule has 2 aromatic heterocycles. The van der Waals surface area contributed by atoms with Crippen LogP contribution in [-0.2, 0) is 12.1 Å². The second-order valence-corrected chi connectivity index (χ2v) is 8.12. The van der Waals surface area contributed by atoms with E-state index < -0.39 is 0 Å². The molecule has 0 saturated heterocycles. The fraction of sp³-hybridized carbons (Fsp3) is 0.350. The van der Waals surface area contributed by atoms with Crippen molar-refractivity contribution in [2.45, 2.75) is 45.7 Å². The van der Waals surface area contributed by atoms with E-state index in [1.165, 1.54) is 0 Å². The van der Waals surface area contributed by atoms with Crippen molar-refractivity contribution in [3.63, 3.8) is 0 Å². The number of benzene rings is 1. The smallest absolute Gasteiger partial charge is 0.254 e.